The Balaban J connectivity index is 2.12. The van der Waals surface area contributed by atoms with Gasteiger partial charge in [-0.15, -0.1) is 11.3 Å². The smallest absolute Gasteiger partial charge is 0.267 e. The molecule has 2 heterocycles. The molecule has 6 heteroatoms. The number of benzene rings is 2. The lowest BCUT2D eigenvalue weighted by molar-refractivity contribution is 0.476. The van der Waals surface area contributed by atoms with Gasteiger partial charge in [-0.25, -0.2) is 0 Å². The van der Waals surface area contributed by atoms with Gasteiger partial charge >= 0.3 is 0 Å². The molecule has 2 aromatic carbocycles. The lowest BCUT2D eigenvalue weighted by Crippen LogP contribution is -2.22. The van der Waals surface area contributed by atoms with E-state index >= 15 is 0 Å². The molecule has 0 saturated carbocycles. The minimum absolute atomic E-state index is 0.130. The van der Waals surface area contributed by atoms with Crippen LogP contribution in [0.15, 0.2) is 76.9 Å². The molecule has 2 aromatic heterocycles. The maximum Gasteiger partial charge on any atom is 0.267 e. The molecule has 0 atom stereocenters. The molecular formula is C21H13Cl2NO2S. The van der Waals surface area contributed by atoms with E-state index in [0.717, 1.165) is 4.88 Å². The number of pyridine rings is 1. The second-order valence-electron chi connectivity index (χ2n) is 5.85. The molecule has 134 valence electrons. The second kappa shape index (κ2) is 7.24. The molecule has 0 radical (unpaired) electrons. The number of thiophene rings is 1. The third-order valence-electron chi connectivity index (χ3n) is 4.20. The first-order chi connectivity index (χ1) is 13.1. The van der Waals surface area contributed by atoms with Gasteiger partial charge in [0, 0.05) is 10.7 Å². The van der Waals surface area contributed by atoms with Crippen molar-refractivity contribution < 1.29 is 5.11 Å². The van der Waals surface area contributed by atoms with Gasteiger partial charge in [0.15, 0.2) is 0 Å². The van der Waals surface area contributed by atoms with Crippen molar-refractivity contribution in [3.05, 3.63) is 92.5 Å². The minimum atomic E-state index is -0.353. The third-order valence-corrected chi connectivity index (χ3v) is 5.68. The summed E-state index contributed by atoms with van der Waals surface area (Å²) in [4.78, 5) is 14.2. The van der Waals surface area contributed by atoms with Gasteiger partial charge in [-0.05, 0) is 41.3 Å². The molecule has 4 rings (SSSR count). The molecule has 1 N–H and O–H groups in total. The van der Waals surface area contributed by atoms with E-state index in [-0.39, 0.29) is 21.9 Å². The number of halogens is 2. The van der Waals surface area contributed by atoms with Gasteiger partial charge in [0.05, 0.1) is 16.1 Å². The lowest BCUT2D eigenvalue weighted by Gasteiger charge is -2.18. The van der Waals surface area contributed by atoms with Crippen molar-refractivity contribution in [2.75, 3.05) is 0 Å². The summed E-state index contributed by atoms with van der Waals surface area (Å²) in [5.41, 5.74) is 1.48. The molecule has 0 bridgehead atoms. The first kappa shape index (κ1) is 17.9. The van der Waals surface area contributed by atoms with Crippen molar-refractivity contribution >= 4 is 34.5 Å². The highest BCUT2D eigenvalue weighted by molar-refractivity contribution is 7.13. The Morgan fingerprint density at radius 1 is 0.889 bits per heavy atom. The molecule has 0 aliphatic rings. The van der Waals surface area contributed by atoms with E-state index in [1.54, 1.807) is 36.4 Å². The second-order valence-corrected chi connectivity index (χ2v) is 7.61. The fourth-order valence-electron chi connectivity index (χ4n) is 2.97. The number of rotatable bonds is 3. The fraction of sp³-hybridized carbons (Fsp3) is 0. The number of aromatic hydroxyl groups is 1. The first-order valence-corrected chi connectivity index (χ1v) is 9.74. The van der Waals surface area contributed by atoms with Crippen molar-refractivity contribution in [3.8, 4) is 33.1 Å². The molecule has 0 amide bonds. The number of hydrogen-bond acceptors (Lipinski definition) is 3. The van der Waals surface area contributed by atoms with Crippen LogP contribution in [-0.4, -0.2) is 9.67 Å². The standard InChI is InChI=1S/C21H13Cl2NO2S/c22-14-8-10-15(11-9-14)24-19(16-7-4-12-27-16)18(23)20(25)17(21(24)26)13-5-2-1-3-6-13/h1-12,25H. The van der Waals surface area contributed by atoms with Gasteiger partial charge in [-0.1, -0.05) is 59.6 Å². The average Bonchev–Trinajstić information content (AvgIpc) is 3.21. The highest BCUT2D eigenvalue weighted by atomic mass is 35.5. The van der Waals surface area contributed by atoms with Crippen molar-refractivity contribution in [1.82, 2.24) is 4.57 Å². The molecule has 0 unspecified atom stereocenters. The normalized spacial score (nSPS) is 10.9. The molecule has 27 heavy (non-hydrogen) atoms. The van der Waals surface area contributed by atoms with Gasteiger partial charge in [0.2, 0.25) is 0 Å². The molecule has 0 fully saturated rings. The van der Waals surface area contributed by atoms with Crippen LogP contribution in [0, 0.1) is 0 Å². The van der Waals surface area contributed by atoms with Crippen molar-refractivity contribution in [2.45, 2.75) is 0 Å². The van der Waals surface area contributed by atoms with Crippen molar-refractivity contribution in [2.24, 2.45) is 0 Å². The maximum absolute atomic E-state index is 13.5. The van der Waals surface area contributed by atoms with Crippen molar-refractivity contribution in [1.29, 1.82) is 0 Å². The number of hydrogen-bond donors (Lipinski definition) is 1. The van der Waals surface area contributed by atoms with E-state index in [1.807, 2.05) is 35.7 Å². The minimum Gasteiger partial charge on any atom is -0.505 e. The lowest BCUT2D eigenvalue weighted by atomic mass is 10.0. The van der Waals surface area contributed by atoms with Gasteiger partial charge in [-0.2, -0.15) is 0 Å². The van der Waals surface area contributed by atoms with Crippen LogP contribution in [0.1, 0.15) is 0 Å². The van der Waals surface area contributed by atoms with Gasteiger partial charge in [0.1, 0.15) is 10.8 Å². The molecule has 4 aromatic rings. The van der Waals surface area contributed by atoms with E-state index in [0.29, 0.717) is 22.0 Å². The van der Waals surface area contributed by atoms with E-state index in [2.05, 4.69) is 0 Å². The first-order valence-electron chi connectivity index (χ1n) is 8.10. The Morgan fingerprint density at radius 3 is 2.22 bits per heavy atom. The molecular weight excluding hydrogens is 401 g/mol. The summed E-state index contributed by atoms with van der Waals surface area (Å²) in [7, 11) is 0. The zero-order valence-corrected chi connectivity index (χ0v) is 16.2. The summed E-state index contributed by atoms with van der Waals surface area (Å²) < 4.78 is 1.52. The Bertz CT molecular complexity index is 1150. The summed E-state index contributed by atoms with van der Waals surface area (Å²) in [6.45, 7) is 0. The summed E-state index contributed by atoms with van der Waals surface area (Å²) in [5, 5.41) is 13.4. The SMILES string of the molecule is O=c1c(-c2ccccc2)c(O)c(Cl)c(-c2cccs2)n1-c1ccc(Cl)cc1. The predicted molar refractivity (Wildman–Crippen MR) is 112 cm³/mol. The topological polar surface area (TPSA) is 42.2 Å². The van der Waals surface area contributed by atoms with E-state index in [9.17, 15) is 9.90 Å². The third kappa shape index (κ3) is 3.16. The van der Waals surface area contributed by atoms with E-state index in [1.165, 1.54) is 15.9 Å². The van der Waals surface area contributed by atoms with E-state index < -0.39 is 0 Å². The van der Waals surface area contributed by atoms with Crippen LogP contribution in [0.3, 0.4) is 0 Å². The maximum atomic E-state index is 13.5. The Morgan fingerprint density at radius 2 is 1.59 bits per heavy atom. The molecule has 0 spiro atoms. The highest BCUT2D eigenvalue weighted by Gasteiger charge is 2.24. The number of aromatic nitrogens is 1. The fourth-order valence-corrected chi connectivity index (χ4v) is 4.20. The van der Waals surface area contributed by atoms with Gasteiger partial charge < -0.3 is 5.11 Å². The monoisotopic (exact) mass is 413 g/mol. The van der Waals surface area contributed by atoms with Crippen LogP contribution in [0.4, 0.5) is 0 Å². The Labute approximate surface area is 169 Å². The zero-order chi connectivity index (χ0) is 19.0. The van der Waals surface area contributed by atoms with Crippen LogP contribution in [-0.2, 0) is 0 Å². The van der Waals surface area contributed by atoms with E-state index in [4.69, 9.17) is 23.2 Å². The summed E-state index contributed by atoms with van der Waals surface area (Å²) in [6.07, 6.45) is 0. The zero-order valence-electron chi connectivity index (χ0n) is 13.9. The van der Waals surface area contributed by atoms with Crippen LogP contribution in [0.5, 0.6) is 5.75 Å². The predicted octanol–water partition coefficient (Wildman–Crippen LogP) is 6.25. The summed E-state index contributed by atoms with van der Waals surface area (Å²) in [6, 6.07) is 19.7. The van der Waals surface area contributed by atoms with Crippen LogP contribution in [0.2, 0.25) is 10.0 Å². The molecule has 3 nitrogen and oxygen atoms in total. The summed E-state index contributed by atoms with van der Waals surface area (Å²) >= 11 is 14.0. The Kier molecular flexibility index (Phi) is 4.79. The molecule has 0 aliphatic carbocycles. The average molecular weight is 414 g/mol. The quantitative estimate of drug-likeness (QED) is 0.431. The van der Waals surface area contributed by atoms with Crippen LogP contribution in [0.25, 0.3) is 27.4 Å². The van der Waals surface area contributed by atoms with Crippen LogP contribution >= 0.6 is 34.5 Å². The van der Waals surface area contributed by atoms with Crippen molar-refractivity contribution in [3.63, 3.8) is 0 Å². The van der Waals surface area contributed by atoms with Gasteiger partial charge in [-0.3, -0.25) is 9.36 Å². The van der Waals surface area contributed by atoms with Crippen LogP contribution < -0.4 is 5.56 Å². The molecule has 0 saturated heterocycles. The number of nitrogens with zero attached hydrogens (tertiary/aromatic N) is 1. The van der Waals surface area contributed by atoms with Gasteiger partial charge in [0.25, 0.3) is 5.56 Å². The largest absolute Gasteiger partial charge is 0.505 e. The summed E-state index contributed by atoms with van der Waals surface area (Å²) in [5.74, 6) is -0.221. The molecule has 0 aliphatic heterocycles. The Hall–Kier alpha value is -2.53. The highest BCUT2D eigenvalue weighted by Crippen LogP contribution is 2.41.